The highest BCUT2D eigenvalue weighted by Gasteiger charge is 2.08. The van der Waals surface area contributed by atoms with Gasteiger partial charge in [0.2, 0.25) is 0 Å². The number of thioether (sulfide) groups is 1. The third kappa shape index (κ3) is 7.69. The van der Waals surface area contributed by atoms with E-state index in [2.05, 4.69) is 33.0 Å². The van der Waals surface area contributed by atoms with E-state index in [0.717, 1.165) is 6.04 Å². The molecule has 0 saturated carbocycles. The van der Waals surface area contributed by atoms with E-state index in [-0.39, 0.29) is 0 Å². The summed E-state index contributed by atoms with van der Waals surface area (Å²) in [7, 11) is 0. The van der Waals surface area contributed by atoms with Crippen molar-refractivity contribution in [3.8, 4) is 0 Å². The van der Waals surface area contributed by atoms with Crippen molar-refractivity contribution >= 4 is 11.8 Å². The van der Waals surface area contributed by atoms with Crippen molar-refractivity contribution < 1.29 is 0 Å². The van der Waals surface area contributed by atoms with Crippen LogP contribution in [0.4, 0.5) is 0 Å². The first-order valence-electron chi connectivity index (χ1n) is 6.08. The molecule has 0 aliphatic carbocycles. The van der Waals surface area contributed by atoms with Crippen LogP contribution in [0.5, 0.6) is 0 Å². The monoisotopic (exact) mass is 217 g/mol. The maximum Gasteiger partial charge on any atom is 0.0132 e. The molecule has 0 aromatic heterocycles. The molecule has 0 rings (SSSR count). The largest absolute Gasteiger partial charge is 0.311 e. The van der Waals surface area contributed by atoms with Crippen LogP contribution in [0, 0.1) is 0 Å². The summed E-state index contributed by atoms with van der Waals surface area (Å²) in [5.41, 5.74) is 0. The number of unbranched alkanes of at least 4 members (excludes halogenated alkanes) is 1. The van der Waals surface area contributed by atoms with E-state index < -0.39 is 0 Å². The molecule has 14 heavy (non-hydrogen) atoms. The Bertz CT molecular complexity index is 117. The van der Waals surface area contributed by atoms with Gasteiger partial charge in [-0.3, -0.25) is 0 Å². The minimum Gasteiger partial charge on any atom is -0.311 e. The molecule has 0 saturated heterocycles. The van der Waals surface area contributed by atoms with Gasteiger partial charge in [0.05, 0.1) is 0 Å². The zero-order valence-corrected chi connectivity index (χ0v) is 11.1. The van der Waals surface area contributed by atoms with Crippen LogP contribution in [0.25, 0.3) is 0 Å². The molecule has 2 atom stereocenters. The molecule has 0 heterocycles. The summed E-state index contributed by atoms with van der Waals surface area (Å²) in [6, 6.07) is 1.41. The van der Waals surface area contributed by atoms with Gasteiger partial charge in [-0.2, -0.15) is 11.8 Å². The van der Waals surface area contributed by atoms with E-state index in [1.807, 2.05) is 11.8 Å². The van der Waals surface area contributed by atoms with E-state index in [0.29, 0.717) is 6.04 Å². The fourth-order valence-corrected chi connectivity index (χ4v) is 2.29. The predicted octanol–water partition coefficient (Wildman–Crippen LogP) is 3.69. The minimum absolute atomic E-state index is 0.668. The molecule has 0 amide bonds. The van der Waals surface area contributed by atoms with Crippen molar-refractivity contribution in [2.75, 3.05) is 11.5 Å². The van der Waals surface area contributed by atoms with E-state index in [9.17, 15) is 0 Å². The van der Waals surface area contributed by atoms with Gasteiger partial charge < -0.3 is 5.32 Å². The van der Waals surface area contributed by atoms with Gasteiger partial charge in [-0.15, -0.1) is 0 Å². The molecule has 86 valence electrons. The van der Waals surface area contributed by atoms with Crippen molar-refractivity contribution in [3.05, 3.63) is 0 Å². The first kappa shape index (κ1) is 14.3. The van der Waals surface area contributed by atoms with Gasteiger partial charge in [0.25, 0.3) is 0 Å². The van der Waals surface area contributed by atoms with Gasteiger partial charge in [-0.1, -0.05) is 33.6 Å². The van der Waals surface area contributed by atoms with Gasteiger partial charge in [0.15, 0.2) is 0 Å². The normalized spacial score (nSPS) is 15.4. The Hall–Kier alpha value is 0.310. The van der Waals surface area contributed by atoms with Crippen molar-refractivity contribution in [1.82, 2.24) is 5.32 Å². The van der Waals surface area contributed by atoms with E-state index in [1.165, 1.54) is 37.2 Å². The lowest BCUT2D eigenvalue weighted by Gasteiger charge is -2.21. The standard InChI is InChI=1S/C12H27NS/c1-5-8-9-12(6-2)13-11(4)10-14-7-3/h11-13H,5-10H2,1-4H3. The highest BCUT2D eigenvalue weighted by Crippen LogP contribution is 2.07. The molecule has 0 fully saturated rings. The zero-order valence-electron chi connectivity index (χ0n) is 10.3. The van der Waals surface area contributed by atoms with Gasteiger partial charge >= 0.3 is 0 Å². The van der Waals surface area contributed by atoms with Crippen LogP contribution in [0.1, 0.15) is 53.4 Å². The van der Waals surface area contributed by atoms with E-state index in [4.69, 9.17) is 0 Å². The summed E-state index contributed by atoms with van der Waals surface area (Å²) < 4.78 is 0. The average Bonchev–Trinajstić information content (AvgIpc) is 2.21. The highest BCUT2D eigenvalue weighted by molar-refractivity contribution is 7.99. The molecule has 0 aromatic carbocycles. The van der Waals surface area contributed by atoms with E-state index in [1.54, 1.807) is 0 Å². The molecule has 0 aliphatic rings. The Balaban J connectivity index is 3.57. The van der Waals surface area contributed by atoms with Crippen LogP contribution >= 0.6 is 11.8 Å². The highest BCUT2D eigenvalue weighted by atomic mass is 32.2. The van der Waals surface area contributed by atoms with Crippen molar-refractivity contribution in [1.29, 1.82) is 0 Å². The molecule has 1 N–H and O–H groups in total. The smallest absolute Gasteiger partial charge is 0.0132 e. The number of rotatable bonds is 9. The fourth-order valence-electron chi connectivity index (χ4n) is 1.60. The minimum atomic E-state index is 0.668. The molecular formula is C12H27NS. The molecule has 0 radical (unpaired) electrons. The molecule has 0 aromatic rings. The van der Waals surface area contributed by atoms with Crippen LogP contribution in [0.15, 0.2) is 0 Å². The second kappa shape index (κ2) is 9.85. The summed E-state index contributed by atoms with van der Waals surface area (Å²) in [6.07, 6.45) is 5.28. The zero-order chi connectivity index (χ0) is 10.8. The SMILES string of the molecule is CCCCC(CC)NC(C)CSCC. The number of nitrogens with one attached hydrogen (secondary N) is 1. The summed E-state index contributed by atoms with van der Waals surface area (Å²) in [5, 5.41) is 3.72. The Labute approximate surface area is 94.4 Å². The molecule has 0 bridgehead atoms. The second-order valence-corrected chi connectivity index (χ2v) is 5.29. The van der Waals surface area contributed by atoms with E-state index >= 15 is 0 Å². The molecule has 2 unspecified atom stereocenters. The Morgan fingerprint density at radius 2 is 1.93 bits per heavy atom. The molecule has 1 nitrogen and oxygen atoms in total. The van der Waals surface area contributed by atoms with Gasteiger partial charge in [-0.05, 0) is 25.5 Å². The first-order chi connectivity index (χ1) is 6.74. The Morgan fingerprint density at radius 1 is 1.21 bits per heavy atom. The van der Waals surface area contributed by atoms with Crippen LogP contribution in [-0.2, 0) is 0 Å². The summed E-state index contributed by atoms with van der Waals surface area (Å²) in [4.78, 5) is 0. The van der Waals surface area contributed by atoms with Crippen LogP contribution in [0.2, 0.25) is 0 Å². The maximum atomic E-state index is 3.72. The van der Waals surface area contributed by atoms with Crippen LogP contribution in [-0.4, -0.2) is 23.6 Å². The Morgan fingerprint density at radius 3 is 2.43 bits per heavy atom. The third-order valence-corrected chi connectivity index (χ3v) is 3.64. The summed E-state index contributed by atoms with van der Waals surface area (Å²) >= 11 is 2.03. The first-order valence-corrected chi connectivity index (χ1v) is 7.23. The van der Waals surface area contributed by atoms with Crippen LogP contribution < -0.4 is 5.32 Å². The lowest BCUT2D eigenvalue weighted by Crippen LogP contribution is -2.37. The molecule has 0 aliphatic heterocycles. The second-order valence-electron chi connectivity index (χ2n) is 3.97. The average molecular weight is 217 g/mol. The molecule has 0 spiro atoms. The molecule has 2 heteroatoms. The van der Waals surface area contributed by atoms with Crippen molar-refractivity contribution in [3.63, 3.8) is 0 Å². The van der Waals surface area contributed by atoms with Gasteiger partial charge in [-0.25, -0.2) is 0 Å². The number of hydrogen-bond acceptors (Lipinski definition) is 2. The van der Waals surface area contributed by atoms with Crippen molar-refractivity contribution in [2.24, 2.45) is 0 Å². The lowest BCUT2D eigenvalue weighted by atomic mass is 10.1. The quantitative estimate of drug-likeness (QED) is 0.632. The Kier molecular flexibility index (Phi) is 10.1. The fraction of sp³-hybridized carbons (Fsp3) is 1.00. The van der Waals surface area contributed by atoms with Crippen molar-refractivity contribution in [2.45, 2.75) is 65.5 Å². The van der Waals surface area contributed by atoms with Crippen LogP contribution in [0.3, 0.4) is 0 Å². The molecular weight excluding hydrogens is 190 g/mol. The third-order valence-electron chi connectivity index (χ3n) is 2.49. The summed E-state index contributed by atoms with van der Waals surface area (Å²) in [6.45, 7) is 9.08. The van der Waals surface area contributed by atoms with Gasteiger partial charge in [0, 0.05) is 17.8 Å². The lowest BCUT2D eigenvalue weighted by molar-refractivity contribution is 0.420. The maximum absolute atomic E-state index is 3.72. The summed E-state index contributed by atoms with van der Waals surface area (Å²) in [5.74, 6) is 2.48. The topological polar surface area (TPSA) is 12.0 Å². The number of hydrogen-bond donors (Lipinski definition) is 1. The van der Waals surface area contributed by atoms with Gasteiger partial charge in [0.1, 0.15) is 0 Å². The predicted molar refractivity (Wildman–Crippen MR) is 69.2 cm³/mol.